The first-order valence-corrected chi connectivity index (χ1v) is 8.21. The van der Waals surface area contributed by atoms with Crippen molar-refractivity contribution in [2.75, 3.05) is 6.54 Å². The molecule has 132 valence electrons. The van der Waals surface area contributed by atoms with Crippen LogP contribution in [0, 0.1) is 6.92 Å². The van der Waals surface area contributed by atoms with E-state index in [2.05, 4.69) is 9.97 Å². The van der Waals surface area contributed by atoms with Crippen LogP contribution in [0.4, 0.5) is 4.79 Å². The first-order chi connectivity index (χ1) is 11.2. The monoisotopic (exact) mass is 335 g/mol. The van der Waals surface area contributed by atoms with Gasteiger partial charge in [-0.05, 0) is 46.6 Å². The summed E-state index contributed by atoms with van der Waals surface area (Å²) in [7, 11) is 0. The smallest absolute Gasteiger partial charge is 0.410 e. The maximum atomic E-state index is 12.4. The van der Waals surface area contributed by atoms with Crippen molar-refractivity contribution in [2.45, 2.75) is 65.0 Å². The van der Waals surface area contributed by atoms with Crippen LogP contribution >= 0.6 is 0 Å². The fraction of sp³-hybridized carbons (Fsp3) is 0.647. The van der Waals surface area contributed by atoms with Crippen molar-refractivity contribution < 1.29 is 19.4 Å². The van der Waals surface area contributed by atoms with Crippen LogP contribution < -0.4 is 0 Å². The molecule has 1 amide bonds. The minimum atomic E-state index is -0.857. The van der Waals surface area contributed by atoms with Crippen LogP contribution in [-0.4, -0.2) is 44.2 Å². The Morgan fingerprint density at radius 1 is 1.38 bits per heavy atom. The Bertz CT molecular complexity index is 625. The zero-order chi connectivity index (χ0) is 17.9. The number of carboxylic acid groups (broad SMARTS) is 1. The fourth-order valence-electron chi connectivity index (χ4n) is 2.80. The van der Waals surface area contributed by atoms with E-state index < -0.39 is 11.6 Å². The largest absolute Gasteiger partial charge is 0.481 e. The number of aliphatic carboxylic acids is 1. The normalized spacial score (nSPS) is 17.8. The summed E-state index contributed by atoms with van der Waals surface area (Å²) >= 11 is 0. The summed E-state index contributed by atoms with van der Waals surface area (Å²) in [6, 6.07) is 1.66. The van der Waals surface area contributed by atoms with E-state index in [1.807, 2.05) is 26.8 Å². The summed E-state index contributed by atoms with van der Waals surface area (Å²) < 4.78 is 5.48. The molecule has 7 nitrogen and oxygen atoms in total. The molecule has 0 aromatic carbocycles. The fourth-order valence-corrected chi connectivity index (χ4v) is 2.80. The second-order valence-electron chi connectivity index (χ2n) is 7.06. The average molecular weight is 335 g/mol. The summed E-state index contributed by atoms with van der Waals surface area (Å²) in [6.45, 7) is 7.94. The number of carbonyl (C=O) groups excluding carboxylic acids is 1. The summed E-state index contributed by atoms with van der Waals surface area (Å²) in [4.78, 5) is 33.6. The zero-order valence-electron chi connectivity index (χ0n) is 14.7. The number of rotatable bonds is 4. The second-order valence-corrected chi connectivity index (χ2v) is 7.06. The molecule has 24 heavy (non-hydrogen) atoms. The van der Waals surface area contributed by atoms with Gasteiger partial charge in [-0.2, -0.15) is 0 Å². The molecule has 1 saturated heterocycles. The molecule has 0 aliphatic carbocycles. The first kappa shape index (κ1) is 18.2. The highest BCUT2D eigenvalue weighted by Crippen LogP contribution is 2.32. The number of nitrogens with zero attached hydrogens (tertiary/aromatic N) is 3. The van der Waals surface area contributed by atoms with Crippen LogP contribution in [0.5, 0.6) is 0 Å². The Morgan fingerprint density at radius 3 is 2.71 bits per heavy atom. The lowest BCUT2D eigenvalue weighted by atomic mass is 10.1. The predicted molar refractivity (Wildman–Crippen MR) is 87.6 cm³/mol. The van der Waals surface area contributed by atoms with Crippen LogP contribution in [0.15, 0.2) is 6.07 Å². The van der Waals surface area contributed by atoms with Gasteiger partial charge in [-0.15, -0.1) is 0 Å². The van der Waals surface area contributed by atoms with Crippen molar-refractivity contribution in [3.8, 4) is 0 Å². The van der Waals surface area contributed by atoms with Crippen LogP contribution in [0.25, 0.3) is 0 Å². The Kier molecular flexibility index (Phi) is 5.41. The average Bonchev–Trinajstić information content (AvgIpc) is 2.92. The van der Waals surface area contributed by atoms with E-state index in [0.29, 0.717) is 24.5 Å². The molecule has 2 heterocycles. The Balaban J connectivity index is 2.19. The molecule has 1 N–H and O–H groups in total. The molecule has 1 aromatic rings. The van der Waals surface area contributed by atoms with E-state index in [9.17, 15) is 9.59 Å². The maximum Gasteiger partial charge on any atom is 0.410 e. The lowest BCUT2D eigenvalue weighted by molar-refractivity contribution is -0.136. The van der Waals surface area contributed by atoms with E-state index in [1.54, 1.807) is 11.8 Å². The van der Waals surface area contributed by atoms with Crippen molar-refractivity contribution in [3.05, 3.63) is 23.3 Å². The number of hydrogen-bond donors (Lipinski definition) is 1. The van der Waals surface area contributed by atoms with Gasteiger partial charge in [0.1, 0.15) is 11.4 Å². The third-order valence-electron chi connectivity index (χ3n) is 3.73. The lowest BCUT2D eigenvalue weighted by Crippen LogP contribution is -2.36. The van der Waals surface area contributed by atoms with Gasteiger partial charge in [0.25, 0.3) is 0 Å². The minimum absolute atomic E-state index is 0.0241. The molecule has 2 rings (SSSR count). The number of likely N-dealkylation sites (tertiary alicyclic amines) is 1. The number of hydrogen-bond acceptors (Lipinski definition) is 5. The van der Waals surface area contributed by atoms with Crippen molar-refractivity contribution >= 4 is 12.1 Å². The van der Waals surface area contributed by atoms with Crippen LogP contribution in [0.2, 0.25) is 0 Å². The van der Waals surface area contributed by atoms with Gasteiger partial charge in [0.05, 0.1) is 18.2 Å². The van der Waals surface area contributed by atoms with E-state index in [4.69, 9.17) is 9.84 Å². The van der Waals surface area contributed by atoms with Gasteiger partial charge in [-0.25, -0.2) is 14.8 Å². The van der Waals surface area contributed by atoms with Gasteiger partial charge in [0, 0.05) is 18.7 Å². The number of aryl methyl sites for hydroxylation is 2. The minimum Gasteiger partial charge on any atom is -0.481 e. The van der Waals surface area contributed by atoms with Gasteiger partial charge >= 0.3 is 12.1 Å². The van der Waals surface area contributed by atoms with Crippen LogP contribution in [0.3, 0.4) is 0 Å². The lowest BCUT2D eigenvalue weighted by Gasteiger charge is -2.28. The third-order valence-corrected chi connectivity index (χ3v) is 3.73. The number of carbonyl (C=O) groups is 2. The highest BCUT2D eigenvalue weighted by molar-refractivity contribution is 5.69. The van der Waals surface area contributed by atoms with Gasteiger partial charge in [-0.3, -0.25) is 9.69 Å². The van der Waals surface area contributed by atoms with E-state index in [0.717, 1.165) is 18.5 Å². The summed E-state index contributed by atoms with van der Waals surface area (Å²) in [5.74, 6) is -0.270. The SMILES string of the molecule is Cc1nc(CCC(=O)O)cc([C@@H]2CCCN2C(=O)OC(C)(C)C)n1. The molecule has 0 radical (unpaired) electrons. The quantitative estimate of drug-likeness (QED) is 0.909. The standard InChI is InChI=1S/C17H25N3O4/c1-11-18-12(7-8-15(21)22)10-13(19-11)14-6-5-9-20(14)16(23)24-17(2,3)4/h10,14H,5-9H2,1-4H3,(H,21,22)/t14-/m0/s1. The summed E-state index contributed by atoms with van der Waals surface area (Å²) in [6.07, 6.45) is 1.74. The molecule has 1 atom stereocenters. The Morgan fingerprint density at radius 2 is 2.08 bits per heavy atom. The van der Waals surface area contributed by atoms with Gasteiger partial charge < -0.3 is 9.84 Å². The van der Waals surface area contributed by atoms with Crippen molar-refractivity contribution in [2.24, 2.45) is 0 Å². The molecule has 0 unspecified atom stereocenters. The summed E-state index contributed by atoms with van der Waals surface area (Å²) in [5, 5.41) is 8.84. The highest BCUT2D eigenvalue weighted by Gasteiger charge is 2.34. The Hall–Kier alpha value is -2.18. The van der Waals surface area contributed by atoms with Gasteiger partial charge in [-0.1, -0.05) is 0 Å². The number of carboxylic acids is 1. The van der Waals surface area contributed by atoms with Crippen molar-refractivity contribution in [3.63, 3.8) is 0 Å². The van der Waals surface area contributed by atoms with Crippen molar-refractivity contribution in [1.29, 1.82) is 0 Å². The van der Waals surface area contributed by atoms with Gasteiger partial charge in [0.15, 0.2) is 0 Å². The van der Waals surface area contributed by atoms with Gasteiger partial charge in [0.2, 0.25) is 0 Å². The molecule has 0 saturated carbocycles. The molecule has 0 spiro atoms. The van der Waals surface area contributed by atoms with Crippen LogP contribution in [0.1, 0.15) is 63.3 Å². The molecular formula is C17H25N3O4. The van der Waals surface area contributed by atoms with E-state index in [1.165, 1.54) is 0 Å². The molecule has 1 fully saturated rings. The molecule has 0 bridgehead atoms. The maximum absolute atomic E-state index is 12.4. The topological polar surface area (TPSA) is 92.6 Å². The molecular weight excluding hydrogens is 310 g/mol. The molecule has 1 aliphatic rings. The Labute approximate surface area is 142 Å². The second kappa shape index (κ2) is 7.15. The predicted octanol–water partition coefficient (Wildman–Crippen LogP) is 2.87. The molecule has 1 aromatic heterocycles. The zero-order valence-corrected chi connectivity index (χ0v) is 14.7. The summed E-state index contributed by atoms with van der Waals surface area (Å²) in [5.41, 5.74) is 0.903. The third kappa shape index (κ3) is 4.91. The molecule has 1 aliphatic heterocycles. The number of aromatic nitrogens is 2. The van der Waals surface area contributed by atoms with E-state index in [-0.39, 0.29) is 18.6 Å². The number of ether oxygens (including phenoxy) is 1. The van der Waals surface area contributed by atoms with Crippen molar-refractivity contribution in [1.82, 2.24) is 14.9 Å². The molecule has 7 heteroatoms. The first-order valence-electron chi connectivity index (χ1n) is 8.21. The number of amides is 1. The highest BCUT2D eigenvalue weighted by atomic mass is 16.6. The van der Waals surface area contributed by atoms with E-state index >= 15 is 0 Å². The van der Waals surface area contributed by atoms with Crippen LogP contribution in [-0.2, 0) is 16.0 Å².